The van der Waals surface area contributed by atoms with Crippen molar-refractivity contribution >= 4 is 23.2 Å². The fraction of sp³-hybridized carbons (Fsp3) is 0.333. The molecular formula is C9H11Cl2NO. The largest absolute Gasteiger partial charge is 0.495 e. The van der Waals surface area contributed by atoms with E-state index in [1.54, 1.807) is 19.2 Å². The van der Waals surface area contributed by atoms with Crippen molar-refractivity contribution in [2.24, 2.45) is 5.73 Å². The summed E-state index contributed by atoms with van der Waals surface area (Å²) in [5, 5.41) is 1.11. The predicted octanol–water partition coefficient (Wildman–Crippen LogP) is 3.02. The molecule has 1 unspecified atom stereocenters. The van der Waals surface area contributed by atoms with E-state index >= 15 is 0 Å². The van der Waals surface area contributed by atoms with Gasteiger partial charge >= 0.3 is 0 Å². The zero-order valence-electron chi connectivity index (χ0n) is 7.47. The third kappa shape index (κ3) is 2.27. The molecule has 2 N–H and O–H groups in total. The summed E-state index contributed by atoms with van der Waals surface area (Å²) in [6.07, 6.45) is 0. The van der Waals surface area contributed by atoms with Gasteiger partial charge < -0.3 is 10.5 Å². The third-order valence-electron chi connectivity index (χ3n) is 1.74. The number of ether oxygens (including phenoxy) is 1. The van der Waals surface area contributed by atoms with Gasteiger partial charge in [-0.1, -0.05) is 23.2 Å². The van der Waals surface area contributed by atoms with Crippen LogP contribution in [0.25, 0.3) is 0 Å². The van der Waals surface area contributed by atoms with Crippen molar-refractivity contribution in [2.45, 2.75) is 13.0 Å². The maximum absolute atomic E-state index is 6.01. The van der Waals surface area contributed by atoms with Crippen molar-refractivity contribution in [1.29, 1.82) is 0 Å². The molecule has 1 aromatic carbocycles. The van der Waals surface area contributed by atoms with Crippen molar-refractivity contribution in [3.05, 3.63) is 27.7 Å². The fourth-order valence-electron chi connectivity index (χ4n) is 1.06. The minimum atomic E-state index is -0.153. The van der Waals surface area contributed by atoms with Crippen LogP contribution in [0.5, 0.6) is 5.75 Å². The Hall–Kier alpha value is -0.440. The molecule has 0 saturated heterocycles. The Balaban J connectivity index is 3.27. The summed E-state index contributed by atoms with van der Waals surface area (Å²) < 4.78 is 5.04. The highest BCUT2D eigenvalue weighted by atomic mass is 35.5. The fourth-order valence-corrected chi connectivity index (χ4v) is 1.64. The Kier molecular flexibility index (Phi) is 3.42. The lowest BCUT2D eigenvalue weighted by Gasteiger charge is -2.12. The first kappa shape index (κ1) is 10.6. The Morgan fingerprint density at radius 2 is 2.00 bits per heavy atom. The topological polar surface area (TPSA) is 35.2 Å². The van der Waals surface area contributed by atoms with E-state index < -0.39 is 0 Å². The molecular weight excluding hydrogens is 209 g/mol. The molecule has 0 bridgehead atoms. The molecule has 0 radical (unpaired) electrons. The van der Waals surface area contributed by atoms with Crippen molar-refractivity contribution in [1.82, 2.24) is 0 Å². The highest BCUT2D eigenvalue weighted by Crippen LogP contribution is 2.34. The number of nitrogens with two attached hydrogens (primary N) is 1. The molecule has 72 valence electrons. The third-order valence-corrected chi connectivity index (χ3v) is 2.37. The van der Waals surface area contributed by atoms with Gasteiger partial charge in [-0.2, -0.15) is 0 Å². The first-order valence-corrected chi connectivity index (χ1v) is 4.60. The molecule has 0 fully saturated rings. The average molecular weight is 220 g/mol. The van der Waals surface area contributed by atoms with Crippen LogP contribution in [0.4, 0.5) is 0 Å². The lowest BCUT2D eigenvalue weighted by molar-refractivity contribution is 0.414. The van der Waals surface area contributed by atoms with Gasteiger partial charge in [0.1, 0.15) is 5.75 Å². The Labute approximate surface area is 87.6 Å². The summed E-state index contributed by atoms with van der Waals surface area (Å²) in [6.45, 7) is 1.84. The molecule has 0 amide bonds. The van der Waals surface area contributed by atoms with E-state index in [9.17, 15) is 0 Å². The smallest absolute Gasteiger partial charge is 0.139 e. The number of hydrogen-bond acceptors (Lipinski definition) is 2. The summed E-state index contributed by atoms with van der Waals surface area (Å²) in [5.74, 6) is 0.557. The van der Waals surface area contributed by atoms with Gasteiger partial charge in [-0.3, -0.25) is 0 Å². The Bertz CT molecular complexity index is 313. The van der Waals surface area contributed by atoms with E-state index in [0.29, 0.717) is 15.8 Å². The van der Waals surface area contributed by atoms with Crippen LogP contribution in [0.3, 0.4) is 0 Å². The second-order valence-corrected chi connectivity index (χ2v) is 3.61. The summed E-state index contributed by atoms with van der Waals surface area (Å²) >= 11 is 11.9. The van der Waals surface area contributed by atoms with E-state index in [1.807, 2.05) is 6.92 Å². The normalized spacial score (nSPS) is 12.7. The van der Waals surface area contributed by atoms with Crippen LogP contribution < -0.4 is 10.5 Å². The summed E-state index contributed by atoms with van der Waals surface area (Å²) in [4.78, 5) is 0. The number of rotatable bonds is 2. The van der Waals surface area contributed by atoms with Crippen molar-refractivity contribution in [3.63, 3.8) is 0 Å². The minimum absolute atomic E-state index is 0.153. The molecule has 2 nitrogen and oxygen atoms in total. The summed E-state index contributed by atoms with van der Waals surface area (Å²) in [5.41, 5.74) is 6.51. The van der Waals surface area contributed by atoms with E-state index in [2.05, 4.69) is 0 Å². The van der Waals surface area contributed by atoms with E-state index in [4.69, 9.17) is 33.7 Å². The number of methoxy groups -OCH3 is 1. The van der Waals surface area contributed by atoms with Crippen molar-refractivity contribution < 1.29 is 4.74 Å². The van der Waals surface area contributed by atoms with Gasteiger partial charge in [0.25, 0.3) is 0 Å². The highest BCUT2D eigenvalue weighted by Gasteiger charge is 2.11. The van der Waals surface area contributed by atoms with E-state index in [1.165, 1.54) is 0 Å². The van der Waals surface area contributed by atoms with Crippen molar-refractivity contribution in [2.75, 3.05) is 7.11 Å². The van der Waals surface area contributed by atoms with Crippen LogP contribution >= 0.6 is 23.2 Å². The monoisotopic (exact) mass is 219 g/mol. The molecule has 1 atom stereocenters. The molecule has 0 aromatic heterocycles. The lowest BCUT2D eigenvalue weighted by Crippen LogP contribution is -2.06. The molecule has 13 heavy (non-hydrogen) atoms. The molecule has 0 saturated carbocycles. The number of hydrogen-bond donors (Lipinski definition) is 1. The Morgan fingerprint density at radius 3 is 2.46 bits per heavy atom. The van der Waals surface area contributed by atoms with Gasteiger partial charge in [0.15, 0.2) is 0 Å². The zero-order valence-corrected chi connectivity index (χ0v) is 8.99. The Morgan fingerprint density at radius 1 is 1.38 bits per heavy atom. The van der Waals surface area contributed by atoms with E-state index in [0.717, 1.165) is 5.56 Å². The molecule has 1 rings (SSSR count). The predicted molar refractivity (Wildman–Crippen MR) is 55.6 cm³/mol. The van der Waals surface area contributed by atoms with Gasteiger partial charge in [0.05, 0.1) is 12.1 Å². The van der Waals surface area contributed by atoms with Gasteiger partial charge in [0, 0.05) is 17.1 Å². The molecule has 4 heteroatoms. The highest BCUT2D eigenvalue weighted by molar-refractivity contribution is 6.35. The molecule has 0 heterocycles. The molecule has 0 aliphatic rings. The second-order valence-electron chi connectivity index (χ2n) is 2.80. The van der Waals surface area contributed by atoms with Gasteiger partial charge in [0.2, 0.25) is 0 Å². The standard InChI is InChI=1S/C9H11Cl2NO/c1-5(12)7-3-6(10)4-8(13-2)9(7)11/h3-5H,12H2,1-2H3. The van der Waals surface area contributed by atoms with E-state index in [-0.39, 0.29) is 6.04 Å². The number of benzene rings is 1. The minimum Gasteiger partial charge on any atom is -0.495 e. The first-order valence-electron chi connectivity index (χ1n) is 3.84. The quantitative estimate of drug-likeness (QED) is 0.831. The number of halogens is 2. The van der Waals surface area contributed by atoms with Crippen LogP contribution in [-0.4, -0.2) is 7.11 Å². The van der Waals surface area contributed by atoms with Crippen LogP contribution in [0.15, 0.2) is 12.1 Å². The zero-order chi connectivity index (χ0) is 10.0. The van der Waals surface area contributed by atoms with Gasteiger partial charge in [-0.25, -0.2) is 0 Å². The van der Waals surface area contributed by atoms with Crippen LogP contribution in [0.2, 0.25) is 10.0 Å². The summed E-state index contributed by atoms with van der Waals surface area (Å²) in [6, 6.07) is 3.26. The van der Waals surface area contributed by atoms with Crippen LogP contribution in [0.1, 0.15) is 18.5 Å². The van der Waals surface area contributed by atoms with Crippen molar-refractivity contribution in [3.8, 4) is 5.75 Å². The van der Waals surface area contributed by atoms with Gasteiger partial charge in [-0.05, 0) is 18.6 Å². The lowest BCUT2D eigenvalue weighted by atomic mass is 10.1. The molecule has 0 spiro atoms. The second kappa shape index (κ2) is 4.18. The summed E-state index contributed by atoms with van der Waals surface area (Å²) in [7, 11) is 1.54. The van der Waals surface area contributed by atoms with Gasteiger partial charge in [-0.15, -0.1) is 0 Å². The maximum Gasteiger partial charge on any atom is 0.139 e. The first-order chi connectivity index (χ1) is 6.06. The molecule has 0 aliphatic carbocycles. The van der Waals surface area contributed by atoms with Crippen LogP contribution in [-0.2, 0) is 0 Å². The SMILES string of the molecule is COc1cc(Cl)cc(C(C)N)c1Cl. The molecule has 1 aromatic rings. The molecule has 0 aliphatic heterocycles. The maximum atomic E-state index is 6.01. The average Bonchev–Trinajstić information content (AvgIpc) is 2.08. The van der Waals surface area contributed by atoms with Crippen LogP contribution in [0, 0.1) is 0 Å².